The molecule has 3 fully saturated rings. The molecule has 0 amide bonds. The summed E-state index contributed by atoms with van der Waals surface area (Å²) in [6.45, 7) is 18.0. The number of rotatable bonds is 7. The molecule has 52 heavy (non-hydrogen) atoms. The number of ether oxygens (including phenoxy) is 6. The van der Waals surface area contributed by atoms with Crippen LogP contribution in [0.1, 0.15) is 94.9 Å². The van der Waals surface area contributed by atoms with E-state index < -0.39 is 96.0 Å². The van der Waals surface area contributed by atoms with Crippen molar-refractivity contribution in [2.75, 3.05) is 34.8 Å². The third-order valence-corrected chi connectivity index (χ3v) is 12.2. The molecule has 14 nitrogen and oxygen atoms in total. The van der Waals surface area contributed by atoms with Gasteiger partial charge in [-0.3, -0.25) is 4.79 Å². The lowest BCUT2D eigenvalue weighted by atomic mass is 9.77. The zero-order valence-corrected chi connectivity index (χ0v) is 34.2. The highest BCUT2D eigenvalue weighted by Gasteiger charge is 2.52. The van der Waals surface area contributed by atoms with Crippen molar-refractivity contribution < 1.29 is 58.7 Å². The Morgan fingerprint density at radius 2 is 1.56 bits per heavy atom. The van der Waals surface area contributed by atoms with E-state index >= 15 is 0 Å². The molecule has 14 heteroatoms. The average molecular weight is 749 g/mol. The molecular formula is C38H72N2O12. The highest BCUT2D eigenvalue weighted by atomic mass is 16.7. The maximum absolute atomic E-state index is 14.2. The Kier molecular flexibility index (Phi) is 15.6. The summed E-state index contributed by atoms with van der Waals surface area (Å²) in [6.07, 6.45) is -8.19. The van der Waals surface area contributed by atoms with Crippen LogP contribution in [0.2, 0.25) is 0 Å². The van der Waals surface area contributed by atoms with Crippen molar-refractivity contribution in [3.63, 3.8) is 0 Å². The lowest BCUT2D eigenvalue weighted by Crippen LogP contribution is -2.60. The Balaban J connectivity index is 2.17. The topological polar surface area (TPSA) is 180 Å². The Bertz CT molecular complexity index is 1140. The molecule has 0 saturated carbocycles. The Hall–Kier alpha value is -1.01. The lowest BCUT2D eigenvalue weighted by Gasteiger charge is -2.48. The van der Waals surface area contributed by atoms with Gasteiger partial charge in [-0.25, -0.2) is 0 Å². The molecule has 0 aromatic carbocycles. The van der Waals surface area contributed by atoms with Crippen molar-refractivity contribution in [3.05, 3.63) is 0 Å². The maximum atomic E-state index is 14.2. The minimum absolute atomic E-state index is 0.133. The third-order valence-electron chi connectivity index (χ3n) is 12.2. The molecule has 0 aromatic rings. The van der Waals surface area contributed by atoms with Crippen LogP contribution in [0.3, 0.4) is 0 Å². The Morgan fingerprint density at radius 1 is 0.942 bits per heavy atom. The highest BCUT2D eigenvalue weighted by Crippen LogP contribution is 2.40. The molecule has 3 rings (SSSR count). The number of cyclic esters (lactones) is 1. The summed E-state index contributed by atoms with van der Waals surface area (Å²) in [4.78, 5) is 18.0. The van der Waals surface area contributed by atoms with Gasteiger partial charge in [0.05, 0.1) is 41.5 Å². The van der Waals surface area contributed by atoms with Crippen LogP contribution in [0.4, 0.5) is 0 Å². The second-order valence-corrected chi connectivity index (χ2v) is 17.2. The van der Waals surface area contributed by atoms with Gasteiger partial charge in [0.25, 0.3) is 0 Å². The van der Waals surface area contributed by atoms with Crippen LogP contribution < -0.4 is 0 Å². The highest BCUT2D eigenvalue weighted by molar-refractivity contribution is 5.73. The summed E-state index contributed by atoms with van der Waals surface area (Å²) in [5.41, 5.74) is -4.37. The minimum Gasteiger partial charge on any atom is -0.459 e. The lowest BCUT2D eigenvalue weighted by molar-refractivity contribution is -0.318. The van der Waals surface area contributed by atoms with Crippen molar-refractivity contribution in [1.29, 1.82) is 0 Å². The van der Waals surface area contributed by atoms with Gasteiger partial charge in [0.15, 0.2) is 12.6 Å². The number of nitrogens with zero attached hydrogens (tertiary/aromatic N) is 2. The fourth-order valence-electron chi connectivity index (χ4n) is 8.74. The number of esters is 1. The first kappa shape index (κ1) is 45.4. The molecule has 18 atom stereocenters. The van der Waals surface area contributed by atoms with Crippen molar-refractivity contribution in [1.82, 2.24) is 9.80 Å². The van der Waals surface area contributed by atoms with Gasteiger partial charge in [0.1, 0.15) is 30.0 Å². The first-order chi connectivity index (χ1) is 23.9. The van der Waals surface area contributed by atoms with Crippen LogP contribution in [0.25, 0.3) is 0 Å². The number of aliphatic hydroxyl groups excluding tert-OH is 3. The van der Waals surface area contributed by atoms with Gasteiger partial charge in [0, 0.05) is 38.1 Å². The average Bonchev–Trinajstić information content (AvgIpc) is 3.05. The first-order valence-electron chi connectivity index (χ1n) is 19.1. The third kappa shape index (κ3) is 10.0. The molecule has 306 valence electrons. The molecule has 0 aromatic heterocycles. The molecule has 0 aliphatic carbocycles. The van der Waals surface area contributed by atoms with Crippen molar-refractivity contribution in [3.8, 4) is 0 Å². The fourth-order valence-corrected chi connectivity index (χ4v) is 8.74. The first-order valence-corrected chi connectivity index (χ1v) is 19.1. The molecule has 3 heterocycles. The predicted octanol–water partition coefficient (Wildman–Crippen LogP) is 1.90. The molecule has 0 spiro atoms. The zero-order chi connectivity index (χ0) is 39.7. The van der Waals surface area contributed by atoms with E-state index in [1.54, 1.807) is 41.5 Å². The zero-order valence-electron chi connectivity index (χ0n) is 34.2. The maximum Gasteiger partial charge on any atom is 0.311 e. The Morgan fingerprint density at radius 3 is 2.12 bits per heavy atom. The van der Waals surface area contributed by atoms with Crippen LogP contribution >= 0.6 is 0 Å². The van der Waals surface area contributed by atoms with Crippen LogP contribution in [0.5, 0.6) is 0 Å². The number of carbonyl (C=O) groups excluding carboxylic acids is 1. The van der Waals surface area contributed by atoms with E-state index in [4.69, 9.17) is 28.4 Å². The van der Waals surface area contributed by atoms with Gasteiger partial charge in [-0.05, 0) is 94.8 Å². The Labute approximate surface area is 312 Å². The summed E-state index contributed by atoms with van der Waals surface area (Å²) >= 11 is 0. The number of hydrogen-bond acceptors (Lipinski definition) is 14. The number of carbonyl (C=O) groups is 1. The van der Waals surface area contributed by atoms with Crippen molar-refractivity contribution in [2.24, 2.45) is 17.8 Å². The smallest absolute Gasteiger partial charge is 0.311 e. The van der Waals surface area contributed by atoms with Gasteiger partial charge in [0.2, 0.25) is 0 Å². The molecule has 5 N–H and O–H groups in total. The summed E-state index contributed by atoms with van der Waals surface area (Å²) < 4.78 is 37.5. The number of aliphatic hydroxyl groups is 5. The molecule has 2 unspecified atom stereocenters. The van der Waals surface area contributed by atoms with Crippen LogP contribution in [0, 0.1) is 17.8 Å². The quantitative estimate of drug-likeness (QED) is 0.238. The molecule has 3 aliphatic heterocycles. The number of methoxy groups -OCH3 is 1. The number of likely N-dealkylation sites (N-methyl/N-ethyl adjacent to an activating group) is 2. The van der Waals surface area contributed by atoms with E-state index in [1.807, 2.05) is 51.7 Å². The second-order valence-electron chi connectivity index (χ2n) is 17.2. The van der Waals surface area contributed by atoms with Gasteiger partial charge >= 0.3 is 5.97 Å². The van der Waals surface area contributed by atoms with E-state index in [0.717, 1.165) is 0 Å². The van der Waals surface area contributed by atoms with E-state index in [-0.39, 0.29) is 37.3 Å². The second kappa shape index (κ2) is 17.8. The molecule has 0 radical (unpaired) electrons. The SMILES string of the molecule is CC[C@H]1OC(=O)[C@H](C)[C@@H](OC2C[C@@](C)(OC)[C@@H](O)[C@H](C)O2)[C@H](C)[C@@H](OC2O[C@H](C)C[C@H](N(C)C)[C@H]2O)[C@](C)(O)C[C@@H](C)CN(C)[C@H](C)[C@@H](O)[C@]1(C)O. The van der Waals surface area contributed by atoms with E-state index in [2.05, 4.69) is 0 Å². The summed E-state index contributed by atoms with van der Waals surface area (Å²) in [6, 6.07) is -0.808. The number of hydrogen-bond donors (Lipinski definition) is 5. The standard InChI is InChI=1S/C38H72N2O12/c1-15-27-38(10,46)31(42)24(6)40(13)19-20(2)17-36(8,45)33(52-35-29(41)26(39(11)12)16-21(3)48-35)22(4)30(23(5)34(44)50-27)51-28-18-37(9,47-14)32(43)25(7)49-28/h20-33,35,41-43,45-46H,15-19H2,1-14H3/t20-,21-,22+,23-,24-,25+,26+,27-,28?,29-,30+,31-,32+,33-,35?,36-,37-,38-/m1/s1. The fraction of sp³-hybridized carbons (Fsp3) is 0.974. The molecule has 3 aliphatic rings. The van der Waals surface area contributed by atoms with Crippen molar-refractivity contribution >= 4 is 5.97 Å². The summed E-state index contributed by atoms with van der Waals surface area (Å²) in [5, 5.41) is 58.1. The van der Waals surface area contributed by atoms with Gasteiger partial charge in [-0.15, -0.1) is 0 Å². The molecule has 0 bridgehead atoms. The molecule has 3 saturated heterocycles. The van der Waals surface area contributed by atoms with Crippen LogP contribution in [0.15, 0.2) is 0 Å². The van der Waals surface area contributed by atoms with E-state index in [9.17, 15) is 30.3 Å². The van der Waals surface area contributed by atoms with Crippen molar-refractivity contribution in [2.45, 2.75) is 185 Å². The summed E-state index contributed by atoms with van der Waals surface area (Å²) in [5.74, 6) is -2.58. The van der Waals surface area contributed by atoms with Gasteiger partial charge in [-0.2, -0.15) is 0 Å². The van der Waals surface area contributed by atoms with Gasteiger partial charge < -0.3 is 63.8 Å². The van der Waals surface area contributed by atoms with E-state index in [1.165, 1.54) is 14.0 Å². The van der Waals surface area contributed by atoms with E-state index in [0.29, 0.717) is 13.0 Å². The van der Waals surface area contributed by atoms with Gasteiger partial charge in [-0.1, -0.05) is 20.8 Å². The molecular weight excluding hydrogens is 676 g/mol. The van der Waals surface area contributed by atoms with Crippen LogP contribution in [-0.2, 0) is 33.2 Å². The minimum atomic E-state index is -1.80. The normalized spacial score (nSPS) is 49.6. The largest absolute Gasteiger partial charge is 0.459 e. The van der Waals surface area contributed by atoms with Crippen LogP contribution in [-0.4, -0.2) is 166 Å². The predicted molar refractivity (Wildman–Crippen MR) is 194 cm³/mol. The summed E-state index contributed by atoms with van der Waals surface area (Å²) in [7, 11) is 7.12. The monoisotopic (exact) mass is 749 g/mol.